The zero-order chi connectivity index (χ0) is 11.9. The van der Waals surface area contributed by atoms with Crippen LogP contribution in [0.2, 0.25) is 0 Å². The molecule has 2 heteroatoms. The molecule has 1 aliphatic heterocycles. The highest BCUT2D eigenvalue weighted by Gasteiger charge is 2.37. The lowest BCUT2D eigenvalue weighted by Gasteiger charge is -2.43. The molecule has 0 amide bonds. The van der Waals surface area contributed by atoms with Gasteiger partial charge in [-0.3, -0.25) is 9.69 Å². The van der Waals surface area contributed by atoms with Crippen LogP contribution in [-0.4, -0.2) is 29.3 Å². The molecule has 1 fully saturated rings. The van der Waals surface area contributed by atoms with Crippen molar-refractivity contribution in [3.05, 3.63) is 0 Å². The molecular formula is C13H25NO. The second-order valence-electron chi connectivity index (χ2n) is 6.77. The first-order valence-electron chi connectivity index (χ1n) is 5.90. The number of carbonyl (C=O) groups is 1. The van der Waals surface area contributed by atoms with Crippen LogP contribution in [0.5, 0.6) is 0 Å². The maximum Gasteiger partial charge on any atom is 0.150 e. The lowest BCUT2D eigenvalue weighted by Crippen LogP contribution is -2.52. The molecule has 0 aromatic carbocycles. The van der Waals surface area contributed by atoms with E-state index >= 15 is 0 Å². The summed E-state index contributed by atoms with van der Waals surface area (Å²) in [5.74, 6) is 0.666. The number of likely N-dealkylation sites (tertiary alicyclic amines) is 1. The van der Waals surface area contributed by atoms with Crippen molar-refractivity contribution in [3.63, 3.8) is 0 Å². The van der Waals surface area contributed by atoms with E-state index in [2.05, 4.69) is 46.4 Å². The third-order valence-electron chi connectivity index (χ3n) is 3.42. The molecule has 1 saturated heterocycles. The first-order valence-corrected chi connectivity index (χ1v) is 5.90. The van der Waals surface area contributed by atoms with Crippen LogP contribution < -0.4 is 0 Å². The number of rotatable bonds is 0. The number of piperidine rings is 1. The van der Waals surface area contributed by atoms with E-state index in [1.54, 1.807) is 0 Å². The molecule has 0 aromatic rings. The lowest BCUT2D eigenvalue weighted by atomic mass is 9.74. The van der Waals surface area contributed by atoms with Crippen LogP contribution in [0.25, 0.3) is 0 Å². The minimum absolute atomic E-state index is 0.124. The van der Waals surface area contributed by atoms with Crippen molar-refractivity contribution in [2.75, 3.05) is 13.1 Å². The van der Waals surface area contributed by atoms with E-state index in [-0.39, 0.29) is 16.9 Å². The van der Waals surface area contributed by atoms with Gasteiger partial charge in [0.15, 0.2) is 0 Å². The molecule has 1 heterocycles. The van der Waals surface area contributed by atoms with Crippen molar-refractivity contribution >= 4 is 5.78 Å². The summed E-state index contributed by atoms with van der Waals surface area (Å²) in [5, 5.41) is 0. The van der Waals surface area contributed by atoms with Gasteiger partial charge < -0.3 is 0 Å². The quantitative estimate of drug-likeness (QED) is 0.614. The minimum Gasteiger partial charge on any atom is -0.298 e. The van der Waals surface area contributed by atoms with E-state index in [1.807, 2.05) is 0 Å². The first-order chi connectivity index (χ1) is 6.62. The molecule has 0 unspecified atom stereocenters. The summed E-state index contributed by atoms with van der Waals surface area (Å²) in [6.07, 6.45) is 1.01. The number of hydrogen-bond acceptors (Lipinski definition) is 2. The Balaban J connectivity index is 2.68. The third-order valence-corrected chi connectivity index (χ3v) is 3.42. The highest BCUT2D eigenvalue weighted by atomic mass is 16.1. The zero-order valence-corrected chi connectivity index (χ0v) is 11.1. The van der Waals surface area contributed by atoms with Crippen molar-refractivity contribution in [3.8, 4) is 0 Å². The predicted octanol–water partition coefficient (Wildman–Crippen LogP) is 2.72. The van der Waals surface area contributed by atoms with Crippen LogP contribution in [0.3, 0.4) is 0 Å². The number of ketones is 1. The molecule has 0 bridgehead atoms. The Bertz CT molecular complexity index is 244. The second-order valence-corrected chi connectivity index (χ2v) is 6.77. The molecule has 0 aromatic heterocycles. The Morgan fingerprint density at radius 3 is 2.00 bits per heavy atom. The van der Waals surface area contributed by atoms with Crippen LogP contribution in [0.1, 0.15) is 48.0 Å². The third kappa shape index (κ3) is 3.04. The smallest absolute Gasteiger partial charge is 0.150 e. The molecule has 1 atom stereocenters. The largest absolute Gasteiger partial charge is 0.298 e. The van der Waals surface area contributed by atoms with Gasteiger partial charge >= 0.3 is 0 Å². The number of hydrogen-bond donors (Lipinski definition) is 0. The van der Waals surface area contributed by atoms with Crippen LogP contribution in [0.15, 0.2) is 0 Å². The Kier molecular flexibility index (Phi) is 3.30. The fourth-order valence-corrected chi connectivity index (χ4v) is 2.31. The van der Waals surface area contributed by atoms with Crippen molar-refractivity contribution in [2.24, 2.45) is 11.3 Å². The second kappa shape index (κ2) is 3.89. The standard InChI is InChI=1S/C13H25NO/c1-12(2,3)10-7-8-14(9-11(10)15)13(4,5)6/h10H,7-9H2,1-6H3/t10-/m0/s1. The summed E-state index contributed by atoms with van der Waals surface area (Å²) >= 11 is 0. The van der Waals surface area contributed by atoms with Gasteiger partial charge in [-0.2, -0.15) is 0 Å². The van der Waals surface area contributed by atoms with E-state index in [0.717, 1.165) is 13.0 Å². The van der Waals surface area contributed by atoms with Crippen molar-refractivity contribution in [1.82, 2.24) is 4.90 Å². The minimum atomic E-state index is 0.124. The Hall–Kier alpha value is -0.370. The van der Waals surface area contributed by atoms with E-state index < -0.39 is 0 Å². The van der Waals surface area contributed by atoms with Crippen molar-refractivity contribution in [1.29, 1.82) is 0 Å². The van der Waals surface area contributed by atoms with Crippen molar-refractivity contribution in [2.45, 2.75) is 53.5 Å². The van der Waals surface area contributed by atoms with Gasteiger partial charge in [0.05, 0.1) is 6.54 Å². The summed E-state index contributed by atoms with van der Waals surface area (Å²) in [5.41, 5.74) is 0.250. The maximum atomic E-state index is 12.1. The van der Waals surface area contributed by atoms with Crippen LogP contribution in [-0.2, 0) is 4.79 Å². The molecule has 0 radical (unpaired) electrons. The maximum absolute atomic E-state index is 12.1. The van der Waals surface area contributed by atoms with Crippen LogP contribution in [0.4, 0.5) is 0 Å². The normalized spacial score (nSPS) is 25.7. The fourth-order valence-electron chi connectivity index (χ4n) is 2.31. The predicted molar refractivity (Wildman–Crippen MR) is 63.9 cm³/mol. The van der Waals surface area contributed by atoms with Gasteiger partial charge in [0.1, 0.15) is 5.78 Å². The highest BCUT2D eigenvalue weighted by molar-refractivity contribution is 5.84. The summed E-state index contributed by atoms with van der Waals surface area (Å²) in [4.78, 5) is 14.3. The molecule has 0 saturated carbocycles. The molecule has 15 heavy (non-hydrogen) atoms. The van der Waals surface area contributed by atoms with Gasteiger partial charge in [-0.05, 0) is 39.2 Å². The van der Waals surface area contributed by atoms with Gasteiger partial charge in [-0.25, -0.2) is 0 Å². The lowest BCUT2D eigenvalue weighted by molar-refractivity contribution is -0.132. The Morgan fingerprint density at radius 1 is 1.13 bits per heavy atom. The van der Waals surface area contributed by atoms with E-state index in [1.165, 1.54) is 0 Å². The zero-order valence-electron chi connectivity index (χ0n) is 11.1. The average molecular weight is 211 g/mol. The molecule has 0 spiro atoms. The molecular weight excluding hydrogens is 186 g/mol. The molecule has 2 nitrogen and oxygen atoms in total. The summed E-state index contributed by atoms with van der Waals surface area (Å²) in [6.45, 7) is 14.7. The number of Topliss-reactive ketones (excluding diaryl/α,β-unsaturated/α-hetero) is 1. The van der Waals surface area contributed by atoms with Crippen LogP contribution in [0, 0.1) is 11.3 Å². The number of nitrogens with zero attached hydrogens (tertiary/aromatic N) is 1. The van der Waals surface area contributed by atoms with Gasteiger partial charge in [0, 0.05) is 11.5 Å². The summed E-state index contributed by atoms with van der Waals surface area (Å²) in [7, 11) is 0. The molecule has 88 valence electrons. The van der Waals surface area contributed by atoms with E-state index in [9.17, 15) is 4.79 Å². The van der Waals surface area contributed by atoms with Gasteiger partial charge in [-0.1, -0.05) is 20.8 Å². The van der Waals surface area contributed by atoms with Gasteiger partial charge in [0.2, 0.25) is 0 Å². The number of carbonyl (C=O) groups excluding carboxylic acids is 1. The average Bonchev–Trinajstić information content (AvgIpc) is 1.99. The SMILES string of the molecule is CC(C)(C)[C@H]1CCN(C(C)(C)C)CC1=O. The molecule has 1 aliphatic rings. The topological polar surface area (TPSA) is 20.3 Å². The molecule has 0 aliphatic carbocycles. The molecule has 0 N–H and O–H groups in total. The Labute approximate surface area is 94.0 Å². The van der Waals surface area contributed by atoms with E-state index in [4.69, 9.17) is 0 Å². The fraction of sp³-hybridized carbons (Fsp3) is 0.923. The first kappa shape index (κ1) is 12.7. The van der Waals surface area contributed by atoms with Crippen molar-refractivity contribution < 1.29 is 4.79 Å². The Morgan fingerprint density at radius 2 is 1.67 bits per heavy atom. The highest BCUT2D eigenvalue weighted by Crippen LogP contribution is 2.33. The van der Waals surface area contributed by atoms with Gasteiger partial charge in [0.25, 0.3) is 0 Å². The summed E-state index contributed by atoms with van der Waals surface area (Å²) in [6, 6.07) is 0. The van der Waals surface area contributed by atoms with Gasteiger partial charge in [-0.15, -0.1) is 0 Å². The monoisotopic (exact) mass is 211 g/mol. The molecule has 1 rings (SSSR count). The summed E-state index contributed by atoms with van der Waals surface area (Å²) < 4.78 is 0. The van der Waals surface area contributed by atoms with Crippen LogP contribution >= 0.6 is 0 Å². The van der Waals surface area contributed by atoms with E-state index in [0.29, 0.717) is 12.3 Å².